The van der Waals surface area contributed by atoms with Gasteiger partial charge in [0.2, 0.25) is 0 Å². The van der Waals surface area contributed by atoms with Gasteiger partial charge in [-0.05, 0) is 38.8 Å². The Morgan fingerprint density at radius 2 is 1.68 bits per heavy atom. The summed E-state index contributed by atoms with van der Waals surface area (Å²) >= 11 is 0. The largest absolute Gasteiger partial charge is 0.331 e. The van der Waals surface area contributed by atoms with E-state index in [1.54, 1.807) is 4.90 Å². The zero-order valence-electron chi connectivity index (χ0n) is 15.9. The molecule has 3 heterocycles. The molecule has 0 N–H and O–H groups in total. The highest BCUT2D eigenvalue weighted by Crippen LogP contribution is 2.27. The molecule has 2 aliphatic heterocycles. The van der Waals surface area contributed by atoms with Crippen LogP contribution in [0.2, 0.25) is 0 Å². The van der Waals surface area contributed by atoms with Crippen LogP contribution in [0, 0.1) is 0 Å². The summed E-state index contributed by atoms with van der Waals surface area (Å²) in [5.41, 5.74) is 0. The van der Waals surface area contributed by atoms with Crippen molar-refractivity contribution in [3.05, 3.63) is 11.6 Å². The summed E-state index contributed by atoms with van der Waals surface area (Å²) in [4.78, 5) is 18.2. The van der Waals surface area contributed by atoms with Gasteiger partial charge in [-0.3, -0.25) is 4.90 Å². The first-order valence-corrected chi connectivity index (χ1v) is 9.63. The summed E-state index contributed by atoms with van der Waals surface area (Å²) in [5, 5.41) is 8.99. The fourth-order valence-electron chi connectivity index (χ4n) is 3.97. The number of hydrogen-bond acceptors (Lipinski definition) is 4. The number of urea groups is 1. The fraction of sp³-hybridized carbons (Fsp3) is 0.833. The lowest BCUT2D eigenvalue weighted by atomic mass is 9.96. The molecule has 25 heavy (non-hydrogen) atoms. The molecule has 2 fully saturated rings. The zero-order chi connectivity index (χ0) is 17.8. The van der Waals surface area contributed by atoms with E-state index < -0.39 is 0 Å². The summed E-state index contributed by atoms with van der Waals surface area (Å²) in [6.45, 7) is 4.86. The van der Waals surface area contributed by atoms with Crippen LogP contribution in [0.5, 0.6) is 0 Å². The lowest BCUT2D eigenvalue weighted by molar-refractivity contribution is 0.155. The van der Waals surface area contributed by atoms with Crippen LogP contribution in [-0.2, 0) is 13.6 Å². The lowest BCUT2D eigenvalue weighted by Crippen LogP contribution is -2.43. The number of rotatable bonds is 3. The Balaban J connectivity index is 1.59. The van der Waals surface area contributed by atoms with Gasteiger partial charge in [-0.2, -0.15) is 0 Å². The Labute approximate surface area is 151 Å². The van der Waals surface area contributed by atoms with Crippen molar-refractivity contribution in [1.82, 2.24) is 29.5 Å². The SMILES string of the molecule is CN(C)C(=O)N1CCC(c2nnc(CN3CCCCCC3)n2C)CC1. The van der Waals surface area contributed by atoms with Gasteiger partial charge in [0, 0.05) is 40.2 Å². The molecule has 0 aliphatic carbocycles. The molecule has 2 aliphatic rings. The normalized spacial score (nSPS) is 20.5. The van der Waals surface area contributed by atoms with Gasteiger partial charge in [0.1, 0.15) is 11.6 Å². The molecular formula is C18H32N6O. The third kappa shape index (κ3) is 4.32. The van der Waals surface area contributed by atoms with Crippen molar-refractivity contribution in [1.29, 1.82) is 0 Å². The van der Waals surface area contributed by atoms with E-state index in [9.17, 15) is 4.79 Å². The van der Waals surface area contributed by atoms with Crippen molar-refractivity contribution in [2.24, 2.45) is 7.05 Å². The molecule has 1 aromatic heterocycles. The molecule has 0 atom stereocenters. The number of carbonyl (C=O) groups excluding carboxylic acids is 1. The number of nitrogens with zero attached hydrogens (tertiary/aromatic N) is 6. The minimum Gasteiger partial charge on any atom is -0.331 e. The molecular weight excluding hydrogens is 316 g/mol. The maximum Gasteiger partial charge on any atom is 0.319 e. The second-order valence-electron chi connectivity index (χ2n) is 7.66. The molecule has 0 saturated carbocycles. The van der Waals surface area contributed by atoms with Crippen molar-refractivity contribution >= 4 is 6.03 Å². The Bertz CT molecular complexity index is 568. The number of carbonyl (C=O) groups is 1. The molecule has 1 aromatic rings. The van der Waals surface area contributed by atoms with E-state index in [1.165, 1.54) is 38.8 Å². The van der Waals surface area contributed by atoms with Crippen LogP contribution < -0.4 is 0 Å². The quantitative estimate of drug-likeness (QED) is 0.839. The van der Waals surface area contributed by atoms with Gasteiger partial charge in [0.15, 0.2) is 0 Å². The van der Waals surface area contributed by atoms with Gasteiger partial charge in [0.25, 0.3) is 0 Å². The third-order valence-electron chi connectivity index (χ3n) is 5.58. The van der Waals surface area contributed by atoms with Gasteiger partial charge in [-0.1, -0.05) is 12.8 Å². The minimum absolute atomic E-state index is 0.110. The average Bonchev–Trinajstić information content (AvgIpc) is 2.81. The number of piperidine rings is 1. The fourth-order valence-corrected chi connectivity index (χ4v) is 3.97. The molecule has 2 saturated heterocycles. The summed E-state index contributed by atoms with van der Waals surface area (Å²) in [6, 6.07) is 0.110. The predicted octanol–water partition coefficient (Wildman–Crippen LogP) is 2.05. The molecule has 0 unspecified atom stereocenters. The Morgan fingerprint density at radius 3 is 2.28 bits per heavy atom. The van der Waals surface area contributed by atoms with E-state index in [1.807, 2.05) is 19.0 Å². The smallest absolute Gasteiger partial charge is 0.319 e. The third-order valence-corrected chi connectivity index (χ3v) is 5.58. The standard InChI is InChI=1S/C18H32N6O/c1-21(2)18(25)24-12-8-15(9-13-24)17-20-19-16(22(17)3)14-23-10-6-4-5-7-11-23/h15H,4-14H2,1-3H3. The van der Waals surface area contributed by atoms with Gasteiger partial charge in [-0.25, -0.2) is 4.79 Å². The Morgan fingerprint density at radius 1 is 1.04 bits per heavy atom. The highest BCUT2D eigenvalue weighted by Gasteiger charge is 2.28. The first-order valence-electron chi connectivity index (χ1n) is 9.63. The van der Waals surface area contributed by atoms with Crippen LogP contribution in [0.15, 0.2) is 0 Å². The summed E-state index contributed by atoms with van der Waals surface area (Å²) in [6.07, 6.45) is 7.23. The van der Waals surface area contributed by atoms with Crippen LogP contribution in [0.4, 0.5) is 4.79 Å². The van der Waals surface area contributed by atoms with Crippen molar-refractivity contribution in [3.63, 3.8) is 0 Å². The van der Waals surface area contributed by atoms with Crippen molar-refractivity contribution in [3.8, 4) is 0 Å². The van der Waals surface area contributed by atoms with E-state index in [4.69, 9.17) is 0 Å². The summed E-state index contributed by atoms with van der Waals surface area (Å²) < 4.78 is 2.19. The van der Waals surface area contributed by atoms with E-state index >= 15 is 0 Å². The Hall–Kier alpha value is -1.63. The highest BCUT2D eigenvalue weighted by atomic mass is 16.2. The van der Waals surface area contributed by atoms with E-state index in [-0.39, 0.29) is 6.03 Å². The first-order chi connectivity index (χ1) is 12.1. The number of amides is 2. The maximum absolute atomic E-state index is 12.1. The molecule has 0 bridgehead atoms. The zero-order valence-corrected chi connectivity index (χ0v) is 15.9. The highest BCUT2D eigenvalue weighted by molar-refractivity contribution is 5.73. The lowest BCUT2D eigenvalue weighted by Gasteiger charge is -2.33. The van der Waals surface area contributed by atoms with E-state index in [0.717, 1.165) is 44.1 Å². The monoisotopic (exact) mass is 348 g/mol. The van der Waals surface area contributed by atoms with Crippen molar-refractivity contribution in [2.75, 3.05) is 40.3 Å². The maximum atomic E-state index is 12.1. The second kappa shape index (κ2) is 8.17. The number of hydrogen-bond donors (Lipinski definition) is 0. The van der Waals surface area contributed by atoms with Gasteiger partial charge >= 0.3 is 6.03 Å². The first kappa shape index (κ1) is 18.2. The predicted molar refractivity (Wildman–Crippen MR) is 97.4 cm³/mol. The van der Waals surface area contributed by atoms with Crippen LogP contribution in [0.3, 0.4) is 0 Å². The molecule has 0 spiro atoms. The van der Waals surface area contributed by atoms with Crippen molar-refractivity contribution < 1.29 is 4.79 Å². The van der Waals surface area contributed by atoms with Crippen LogP contribution in [0.25, 0.3) is 0 Å². The van der Waals surface area contributed by atoms with E-state index in [2.05, 4.69) is 26.7 Å². The molecule has 7 heteroatoms. The molecule has 140 valence electrons. The van der Waals surface area contributed by atoms with Crippen molar-refractivity contribution in [2.45, 2.75) is 51.0 Å². The molecule has 0 radical (unpaired) electrons. The summed E-state index contributed by atoms with van der Waals surface area (Å²) in [7, 11) is 5.72. The second-order valence-corrected chi connectivity index (χ2v) is 7.66. The van der Waals surface area contributed by atoms with Crippen LogP contribution in [-0.4, -0.2) is 75.8 Å². The number of aromatic nitrogens is 3. The van der Waals surface area contributed by atoms with Crippen LogP contribution >= 0.6 is 0 Å². The Kier molecular flexibility index (Phi) is 5.93. The molecule has 0 aromatic carbocycles. The van der Waals surface area contributed by atoms with Gasteiger partial charge < -0.3 is 14.4 Å². The molecule has 2 amide bonds. The average molecular weight is 348 g/mol. The molecule has 7 nitrogen and oxygen atoms in total. The van der Waals surface area contributed by atoms with Gasteiger partial charge in [0.05, 0.1) is 6.54 Å². The number of likely N-dealkylation sites (tertiary alicyclic amines) is 2. The van der Waals surface area contributed by atoms with Crippen LogP contribution in [0.1, 0.15) is 56.1 Å². The molecule has 3 rings (SSSR count). The van der Waals surface area contributed by atoms with E-state index in [0.29, 0.717) is 5.92 Å². The topological polar surface area (TPSA) is 57.5 Å². The summed E-state index contributed by atoms with van der Waals surface area (Å²) in [5.74, 6) is 2.56. The minimum atomic E-state index is 0.110. The van der Waals surface area contributed by atoms with Gasteiger partial charge in [-0.15, -0.1) is 10.2 Å².